The smallest absolute Gasteiger partial charge is 0.269 e. The zero-order valence-corrected chi connectivity index (χ0v) is 12.5. The summed E-state index contributed by atoms with van der Waals surface area (Å²) < 4.78 is 1.70. The number of rotatable bonds is 5. The van der Waals surface area contributed by atoms with Crippen molar-refractivity contribution >= 4 is 11.4 Å². The number of nitro benzene ring substituents is 1. The maximum absolute atomic E-state index is 10.7. The summed E-state index contributed by atoms with van der Waals surface area (Å²) in [5, 5.41) is 18.1. The van der Waals surface area contributed by atoms with E-state index in [0.717, 1.165) is 16.9 Å². The molecule has 0 fully saturated rings. The first-order chi connectivity index (χ1) is 11.1. The number of nitrogens with zero attached hydrogens (tertiary/aromatic N) is 4. The Bertz CT molecular complexity index is 800. The maximum Gasteiger partial charge on any atom is 0.269 e. The van der Waals surface area contributed by atoms with E-state index in [9.17, 15) is 10.1 Å². The third-order valence-electron chi connectivity index (χ3n) is 3.51. The summed E-state index contributed by atoms with van der Waals surface area (Å²) in [5.41, 5.74) is 2.92. The highest BCUT2D eigenvalue weighted by molar-refractivity contribution is 5.50. The molecule has 0 aliphatic rings. The van der Waals surface area contributed by atoms with Crippen LogP contribution in [0.15, 0.2) is 61.2 Å². The average molecular weight is 309 g/mol. The predicted octanol–water partition coefficient (Wildman–Crippen LogP) is 3.35. The zero-order valence-electron chi connectivity index (χ0n) is 12.5. The number of non-ortho nitro benzene ring substituents is 1. The molecule has 23 heavy (non-hydrogen) atoms. The Morgan fingerprint density at radius 1 is 1.22 bits per heavy atom. The Hall–Kier alpha value is -3.22. The van der Waals surface area contributed by atoms with Crippen molar-refractivity contribution in [2.24, 2.45) is 0 Å². The molecule has 3 rings (SSSR count). The van der Waals surface area contributed by atoms with Crippen LogP contribution in [0, 0.1) is 10.1 Å². The van der Waals surface area contributed by atoms with Crippen molar-refractivity contribution in [3.63, 3.8) is 0 Å². The Morgan fingerprint density at radius 3 is 2.65 bits per heavy atom. The lowest BCUT2D eigenvalue weighted by Gasteiger charge is -2.16. The van der Waals surface area contributed by atoms with Gasteiger partial charge in [-0.15, -0.1) is 0 Å². The second-order valence-corrected chi connectivity index (χ2v) is 5.11. The van der Waals surface area contributed by atoms with Gasteiger partial charge in [0.05, 0.1) is 10.6 Å². The fraction of sp³-hybridized carbons (Fsp3) is 0.125. The van der Waals surface area contributed by atoms with Gasteiger partial charge in [0.1, 0.15) is 12.7 Å². The van der Waals surface area contributed by atoms with Gasteiger partial charge >= 0.3 is 0 Å². The molecular weight excluding hydrogens is 294 g/mol. The molecule has 7 nitrogen and oxygen atoms in total. The predicted molar refractivity (Wildman–Crippen MR) is 86.5 cm³/mol. The Kier molecular flexibility index (Phi) is 4.01. The second-order valence-electron chi connectivity index (χ2n) is 5.11. The molecule has 1 atom stereocenters. The molecule has 0 saturated heterocycles. The van der Waals surface area contributed by atoms with Crippen molar-refractivity contribution in [2.45, 2.75) is 13.0 Å². The number of benzene rings is 2. The van der Waals surface area contributed by atoms with E-state index in [1.54, 1.807) is 23.1 Å². The van der Waals surface area contributed by atoms with E-state index in [1.807, 2.05) is 31.2 Å². The lowest BCUT2D eigenvalue weighted by atomic mass is 10.1. The summed E-state index contributed by atoms with van der Waals surface area (Å²) in [5.74, 6) is 0. The van der Waals surface area contributed by atoms with Crippen LogP contribution in [0.1, 0.15) is 18.5 Å². The molecule has 0 radical (unpaired) electrons. The maximum atomic E-state index is 10.7. The lowest BCUT2D eigenvalue weighted by molar-refractivity contribution is -0.384. The normalized spacial score (nSPS) is 11.9. The first kappa shape index (κ1) is 14.7. The van der Waals surface area contributed by atoms with E-state index in [-0.39, 0.29) is 11.7 Å². The summed E-state index contributed by atoms with van der Waals surface area (Å²) in [6, 6.07) is 14.4. The minimum absolute atomic E-state index is 0.0416. The molecule has 116 valence electrons. The van der Waals surface area contributed by atoms with Crippen molar-refractivity contribution in [1.82, 2.24) is 14.8 Å². The van der Waals surface area contributed by atoms with E-state index in [2.05, 4.69) is 15.4 Å². The van der Waals surface area contributed by atoms with Gasteiger partial charge in [-0.2, -0.15) is 5.10 Å². The highest BCUT2D eigenvalue weighted by Crippen LogP contribution is 2.22. The zero-order chi connectivity index (χ0) is 16.2. The summed E-state index contributed by atoms with van der Waals surface area (Å²) in [6.07, 6.45) is 3.14. The number of aromatic nitrogens is 3. The van der Waals surface area contributed by atoms with Crippen LogP contribution < -0.4 is 5.32 Å². The molecule has 7 heteroatoms. The van der Waals surface area contributed by atoms with Crippen LogP contribution in [-0.4, -0.2) is 19.7 Å². The number of hydrogen-bond acceptors (Lipinski definition) is 5. The molecule has 0 spiro atoms. The van der Waals surface area contributed by atoms with E-state index in [1.165, 1.54) is 18.5 Å². The van der Waals surface area contributed by atoms with Crippen LogP contribution in [0.2, 0.25) is 0 Å². The Labute approximate surface area is 132 Å². The van der Waals surface area contributed by atoms with Gasteiger partial charge in [0.25, 0.3) is 5.69 Å². The molecule has 2 aromatic carbocycles. The molecule has 0 bridgehead atoms. The fourth-order valence-corrected chi connectivity index (χ4v) is 2.29. The van der Waals surface area contributed by atoms with E-state index >= 15 is 0 Å². The van der Waals surface area contributed by atoms with Crippen molar-refractivity contribution < 1.29 is 4.92 Å². The minimum Gasteiger partial charge on any atom is -0.379 e. The lowest BCUT2D eigenvalue weighted by Crippen LogP contribution is -2.07. The van der Waals surface area contributed by atoms with E-state index in [4.69, 9.17) is 0 Å². The van der Waals surface area contributed by atoms with Crippen LogP contribution in [0.25, 0.3) is 5.69 Å². The SMILES string of the molecule is CC(Nc1ccc([N+](=O)[O-])cc1)c1cccc(-n2cncn2)c1. The van der Waals surface area contributed by atoms with E-state index < -0.39 is 4.92 Å². The van der Waals surface area contributed by atoms with E-state index in [0.29, 0.717) is 0 Å². The first-order valence-electron chi connectivity index (χ1n) is 7.09. The Balaban J connectivity index is 1.76. The van der Waals surface area contributed by atoms with Gasteiger partial charge in [-0.1, -0.05) is 12.1 Å². The number of nitrogens with one attached hydrogen (secondary N) is 1. The van der Waals surface area contributed by atoms with Crippen LogP contribution in [-0.2, 0) is 0 Å². The highest BCUT2D eigenvalue weighted by atomic mass is 16.6. The third kappa shape index (κ3) is 3.34. The van der Waals surface area contributed by atoms with Gasteiger partial charge in [0.15, 0.2) is 0 Å². The van der Waals surface area contributed by atoms with Gasteiger partial charge in [-0.05, 0) is 36.8 Å². The number of nitro groups is 1. The van der Waals surface area contributed by atoms with Gasteiger partial charge < -0.3 is 5.32 Å². The molecule has 1 unspecified atom stereocenters. The summed E-state index contributed by atoms with van der Waals surface area (Å²) in [4.78, 5) is 14.2. The third-order valence-corrected chi connectivity index (χ3v) is 3.51. The van der Waals surface area contributed by atoms with Gasteiger partial charge in [-0.3, -0.25) is 10.1 Å². The summed E-state index contributed by atoms with van der Waals surface area (Å²) in [7, 11) is 0. The molecule has 3 aromatic rings. The molecule has 1 N–H and O–H groups in total. The van der Waals surface area contributed by atoms with Crippen molar-refractivity contribution in [3.05, 3.63) is 76.9 Å². The van der Waals surface area contributed by atoms with Crippen LogP contribution in [0.3, 0.4) is 0 Å². The van der Waals surface area contributed by atoms with Crippen LogP contribution in [0.4, 0.5) is 11.4 Å². The topological polar surface area (TPSA) is 85.9 Å². The quantitative estimate of drug-likeness (QED) is 0.577. The molecule has 0 saturated carbocycles. The average Bonchev–Trinajstić information content (AvgIpc) is 3.10. The van der Waals surface area contributed by atoms with Gasteiger partial charge in [0, 0.05) is 23.9 Å². The first-order valence-corrected chi connectivity index (χ1v) is 7.09. The molecule has 0 aliphatic heterocycles. The van der Waals surface area contributed by atoms with Crippen molar-refractivity contribution in [2.75, 3.05) is 5.32 Å². The van der Waals surface area contributed by atoms with Crippen molar-refractivity contribution in [3.8, 4) is 5.69 Å². The Morgan fingerprint density at radius 2 is 2.00 bits per heavy atom. The summed E-state index contributed by atoms with van der Waals surface area (Å²) in [6.45, 7) is 2.03. The fourth-order valence-electron chi connectivity index (χ4n) is 2.29. The largest absolute Gasteiger partial charge is 0.379 e. The summed E-state index contributed by atoms with van der Waals surface area (Å²) >= 11 is 0. The van der Waals surface area contributed by atoms with Crippen molar-refractivity contribution in [1.29, 1.82) is 0 Å². The number of anilines is 1. The highest BCUT2D eigenvalue weighted by Gasteiger charge is 2.09. The number of hydrogen-bond donors (Lipinski definition) is 1. The minimum atomic E-state index is -0.408. The van der Waals surface area contributed by atoms with Crippen LogP contribution >= 0.6 is 0 Å². The molecule has 1 aromatic heterocycles. The molecular formula is C16H15N5O2. The van der Waals surface area contributed by atoms with Crippen LogP contribution in [0.5, 0.6) is 0 Å². The molecule has 0 amide bonds. The van der Waals surface area contributed by atoms with Gasteiger partial charge in [0.2, 0.25) is 0 Å². The standard InChI is InChI=1S/C16H15N5O2/c1-12(19-14-5-7-15(8-6-14)21(22)23)13-3-2-4-16(9-13)20-11-17-10-18-20/h2-12,19H,1H3. The second kappa shape index (κ2) is 6.27. The molecule has 0 aliphatic carbocycles. The molecule has 1 heterocycles. The van der Waals surface area contributed by atoms with Gasteiger partial charge in [-0.25, -0.2) is 9.67 Å². The monoisotopic (exact) mass is 309 g/mol.